The van der Waals surface area contributed by atoms with Gasteiger partial charge in [0.25, 0.3) is 5.91 Å². The van der Waals surface area contributed by atoms with Crippen molar-refractivity contribution >= 4 is 46.9 Å². The van der Waals surface area contributed by atoms with E-state index in [0.717, 1.165) is 22.6 Å². The molecule has 8 heteroatoms. The van der Waals surface area contributed by atoms with E-state index in [1.807, 2.05) is 24.5 Å². The Labute approximate surface area is 183 Å². The summed E-state index contributed by atoms with van der Waals surface area (Å²) in [5, 5.41) is 5.81. The molecule has 0 saturated carbocycles. The maximum absolute atomic E-state index is 11.9. The molecule has 1 heterocycles. The number of hydrogen-bond acceptors (Lipinski definition) is 3. The number of aryl methyl sites for hydroxylation is 1. The van der Waals surface area contributed by atoms with Crippen molar-refractivity contribution in [1.29, 1.82) is 0 Å². The lowest BCUT2D eigenvalue weighted by Crippen LogP contribution is -2.24. The number of hydrogen-bond donors (Lipinski definition) is 1. The van der Waals surface area contributed by atoms with Crippen LogP contribution in [0.15, 0.2) is 53.6 Å². The van der Waals surface area contributed by atoms with E-state index < -0.39 is 0 Å². The number of ether oxygens (including phenoxy) is 1. The molecule has 0 aliphatic heterocycles. The Hall–Kier alpha value is -2.47. The van der Waals surface area contributed by atoms with E-state index in [4.69, 9.17) is 39.5 Å². The standard InChI is InChI=1S/C21H18Cl3N3O2/c1-13-9-15(14(2)27(13)20-10-17(23)5-8-19(20)24)11-25-26-21(28)12-29-18-6-3-16(22)4-7-18/h3-11H,12H2,1-2H3,(H,26,28)/b25-11-. The summed E-state index contributed by atoms with van der Waals surface area (Å²) in [7, 11) is 0. The van der Waals surface area contributed by atoms with Crippen molar-refractivity contribution in [3.8, 4) is 11.4 Å². The molecule has 2 aromatic carbocycles. The molecular formula is C21H18Cl3N3O2. The Balaban J connectivity index is 1.66. The molecule has 150 valence electrons. The van der Waals surface area contributed by atoms with Gasteiger partial charge < -0.3 is 9.30 Å². The van der Waals surface area contributed by atoms with Crippen LogP contribution in [0.4, 0.5) is 0 Å². The fourth-order valence-corrected chi connectivity index (χ4v) is 3.33. The Kier molecular flexibility index (Phi) is 6.85. The molecule has 0 unspecified atom stereocenters. The monoisotopic (exact) mass is 449 g/mol. The van der Waals surface area contributed by atoms with Gasteiger partial charge in [-0.3, -0.25) is 4.79 Å². The zero-order valence-electron chi connectivity index (χ0n) is 15.7. The zero-order valence-corrected chi connectivity index (χ0v) is 18.0. The average Bonchev–Trinajstić information content (AvgIpc) is 2.97. The number of amides is 1. The van der Waals surface area contributed by atoms with Crippen molar-refractivity contribution in [3.63, 3.8) is 0 Å². The lowest BCUT2D eigenvalue weighted by molar-refractivity contribution is -0.123. The van der Waals surface area contributed by atoms with Gasteiger partial charge in [0.2, 0.25) is 0 Å². The first-order chi connectivity index (χ1) is 13.8. The molecular weight excluding hydrogens is 433 g/mol. The largest absolute Gasteiger partial charge is 0.484 e. The van der Waals surface area contributed by atoms with Crippen LogP contribution in [0.1, 0.15) is 17.0 Å². The molecule has 0 aliphatic rings. The van der Waals surface area contributed by atoms with E-state index in [9.17, 15) is 4.79 Å². The molecule has 3 rings (SSSR count). The molecule has 0 radical (unpaired) electrons. The summed E-state index contributed by atoms with van der Waals surface area (Å²) in [6, 6.07) is 14.0. The van der Waals surface area contributed by atoms with Gasteiger partial charge in [0, 0.05) is 27.0 Å². The topological polar surface area (TPSA) is 55.6 Å². The maximum atomic E-state index is 11.9. The molecule has 1 aromatic heterocycles. The highest BCUT2D eigenvalue weighted by molar-refractivity contribution is 6.34. The van der Waals surface area contributed by atoms with E-state index >= 15 is 0 Å². The van der Waals surface area contributed by atoms with Gasteiger partial charge in [-0.05, 0) is 62.4 Å². The lowest BCUT2D eigenvalue weighted by Gasteiger charge is -2.12. The fourth-order valence-electron chi connectivity index (χ4n) is 2.83. The third-order valence-electron chi connectivity index (χ3n) is 4.20. The fraction of sp³-hybridized carbons (Fsp3) is 0.143. The Morgan fingerprint density at radius 3 is 2.48 bits per heavy atom. The van der Waals surface area contributed by atoms with Gasteiger partial charge in [-0.25, -0.2) is 5.43 Å². The molecule has 3 aromatic rings. The number of hydrazone groups is 1. The molecule has 0 fully saturated rings. The van der Waals surface area contributed by atoms with Gasteiger partial charge in [0.1, 0.15) is 5.75 Å². The highest BCUT2D eigenvalue weighted by atomic mass is 35.5. The summed E-state index contributed by atoms with van der Waals surface area (Å²) in [5.74, 6) is 0.179. The third-order valence-corrected chi connectivity index (χ3v) is 5.00. The lowest BCUT2D eigenvalue weighted by atomic mass is 10.2. The number of halogens is 3. The predicted octanol–water partition coefficient (Wildman–Crippen LogP) is 5.58. The van der Waals surface area contributed by atoms with Crippen LogP contribution in [0, 0.1) is 13.8 Å². The predicted molar refractivity (Wildman–Crippen MR) is 118 cm³/mol. The van der Waals surface area contributed by atoms with Crippen molar-refractivity contribution in [2.24, 2.45) is 5.10 Å². The molecule has 0 saturated heterocycles. The average molecular weight is 451 g/mol. The molecule has 29 heavy (non-hydrogen) atoms. The van der Waals surface area contributed by atoms with Crippen LogP contribution >= 0.6 is 34.8 Å². The SMILES string of the molecule is Cc1cc(/C=N\NC(=O)COc2ccc(Cl)cc2)c(C)n1-c1cc(Cl)ccc1Cl. The van der Waals surface area contributed by atoms with E-state index in [0.29, 0.717) is 20.8 Å². The second kappa shape index (κ2) is 9.35. The molecule has 0 atom stereocenters. The molecule has 0 bridgehead atoms. The Morgan fingerprint density at radius 1 is 1.07 bits per heavy atom. The Bertz CT molecular complexity index is 1060. The minimum atomic E-state index is -0.372. The second-order valence-corrected chi connectivity index (χ2v) is 7.57. The van der Waals surface area contributed by atoms with Crippen LogP contribution in [0.5, 0.6) is 5.75 Å². The number of carbonyl (C=O) groups excluding carboxylic acids is 1. The first-order valence-corrected chi connectivity index (χ1v) is 9.83. The van der Waals surface area contributed by atoms with Crippen molar-refractivity contribution < 1.29 is 9.53 Å². The zero-order chi connectivity index (χ0) is 21.0. The highest BCUT2D eigenvalue weighted by Crippen LogP contribution is 2.28. The summed E-state index contributed by atoms with van der Waals surface area (Å²) in [6.07, 6.45) is 1.58. The van der Waals surface area contributed by atoms with Crippen LogP contribution in [-0.4, -0.2) is 23.3 Å². The van der Waals surface area contributed by atoms with Gasteiger partial charge in [-0.15, -0.1) is 0 Å². The molecule has 1 amide bonds. The highest BCUT2D eigenvalue weighted by Gasteiger charge is 2.12. The first kappa shape index (κ1) is 21.2. The van der Waals surface area contributed by atoms with Crippen LogP contribution in [0.2, 0.25) is 15.1 Å². The van der Waals surface area contributed by atoms with Crippen molar-refractivity contribution in [1.82, 2.24) is 9.99 Å². The number of rotatable bonds is 6. The summed E-state index contributed by atoms with van der Waals surface area (Å²) in [4.78, 5) is 11.9. The number of nitrogens with zero attached hydrogens (tertiary/aromatic N) is 2. The van der Waals surface area contributed by atoms with Crippen molar-refractivity contribution in [2.75, 3.05) is 6.61 Å². The van der Waals surface area contributed by atoms with Crippen molar-refractivity contribution in [3.05, 3.63) is 80.6 Å². The summed E-state index contributed by atoms with van der Waals surface area (Å²) in [5.41, 5.74) is 5.97. The van der Waals surface area contributed by atoms with E-state index in [-0.39, 0.29) is 12.5 Å². The normalized spacial score (nSPS) is 11.1. The van der Waals surface area contributed by atoms with Gasteiger partial charge in [0.15, 0.2) is 6.61 Å². The van der Waals surface area contributed by atoms with Crippen LogP contribution < -0.4 is 10.2 Å². The number of benzene rings is 2. The molecule has 0 spiro atoms. The molecule has 1 N–H and O–H groups in total. The van der Waals surface area contributed by atoms with Gasteiger partial charge >= 0.3 is 0 Å². The minimum Gasteiger partial charge on any atom is -0.484 e. The second-order valence-electron chi connectivity index (χ2n) is 6.29. The molecule has 0 aliphatic carbocycles. The minimum absolute atomic E-state index is 0.157. The maximum Gasteiger partial charge on any atom is 0.277 e. The smallest absolute Gasteiger partial charge is 0.277 e. The van der Waals surface area contributed by atoms with Crippen LogP contribution in [0.25, 0.3) is 5.69 Å². The van der Waals surface area contributed by atoms with Crippen molar-refractivity contribution in [2.45, 2.75) is 13.8 Å². The molecule has 5 nitrogen and oxygen atoms in total. The number of carbonyl (C=O) groups is 1. The summed E-state index contributed by atoms with van der Waals surface area (Å²) in [6.45, 7) is 3.74. The van der Waals surface area contributed by atoms with E-state index in [2.05, 4.69) is 10.5 Å². The van der Waals surface area contributed by atoms with Crippen LogP contribution in [0.3, 0.4) is 0 Å². The third kappa shape index (κ3) is 5.32. The quantitative estimate of drug-likeness (QED) is 0.393. The van der Waals surface area contributed by atoms with E-state index in [1.165, 1.54) is 0 Å². The number of aromatic nitrogens is 1. The van der Waals surface area contributed by atoms with Gasteiger partial charge in [-0.1, -0.05) is 34.8 Å². The number of nitrogens with one attached hydrogen (secondary N) is 1. The first-order valence-electron chi connectivity index (χ1n) is 8.70. The van der Waals surface area contributed by atoms with Gasteiger partial charge in [0.05, 0.1) is 16.9 Å². The Morgan fingerprint density at radius 2 is 1.76 bits per heavy atom. The van der Waals surface area contributed by atoms with Crippen LogP contribution in [-0.2, 0) is 4.79 Å². The van der Waals surface area contributed by atoms with Gasteiger partial charge in [-0.2, -0.15) is 5.10 Å². The van der Waals surface area contributed by atoms with E-state index in [1.54, 1.807) is 48.7 Å². The summed E-state index contributed by atoms with van der Waals surface area (Å²) >= 11 is 18.3. The summed E-state index contributed by atoms with van der Waals surface area (Å²) < 4.78 is 7.37.